The van der Waals surface area contributed by atoms with Gasteiger partial charge in [-0.05, 0) is 75.6 Å². The van der Waals surface area contributed by atoms with Crippen molar-refractivity contribution in [1.29, 1.82) is 0 Å². The predicted molar refractivity (Wildman–Crippen MR) is 132 cm³/mol. The van der Waals surface area contributed by atoms with Crippen molar-refractivity contribution < 1.29 is 0 Å². The topological polar surface area (TPSA) is 48.7 Å². The summed E-state index contributed by atoms with van der Waals surface area (Å²) < 4.78 is 1.90. The number of hydrogen-bond acceptors (Lipinski definition) is 3. The molecule has 0 aliphatic carbocycles. The normalized spacial score (nSPS) is 20.8. The lowest BCUT2D eigenvalue weighted by Gasteiger charge is -2.31. The number of piperidine rings is 1. The van der Waals surface area contributed by atoms with E-state index in [0.29, 0.717) is 11.8 Å². The molecule has 0 radical (unpaired) electrons. The van der Waals surface area contributed by atoms with Crippen LogP contribution >= 0.6 is 0 Å². The Labute approximate surface area is 193 Å². The molecule has 2 fully saturated rings. The SMILES string of the molecule is CCNC(=NCC1CCN(Cc2ccc(C)cc2)CC1)N1CCC(Cc2cnn(C)c2)C1. The molecule has 32 heavy (non-hydrogen) atoms. The van der Waals surface area contributed by atoms with E-state index in [1.807, 2.05) is 17.9 Å². The second-order valence-electron chi connectivity index (χ2n) is 9.73. The molecule has 6 nitrogen and oxygen atoms in total. The van der Waals surface area contributed by atoms with E-state index >= 15 is 0 Å². The van der Waals surface area contributed by atoms with Gasteiger partial charge in [-0.15, -0.1) is 0 Å². The van der Waals surface area contributed by atoms with Gasteiger partial charge < -0.3 is 10.2 Å². The van der Waals surface area contributed by atoms with E-state index in [2.05, 4.69) is 64.5 Å². The Bertz CT molecular complexity index is 863. The van der Waals surface area contributed by atoms with Crippen LogP contribution in [0.25, 0.3) is 0 Å². The van der Waals surface area contributed by atoms with Crippen molar-refractivity contribution in [2.75, 3.05) is 39.3 Å². The second kappa shape index (κ2) is 11.0. The van der Waals surface area contributed by atoms with E-state index in [-0.39, 0.29) is 0 Å². The van der Waals surface area contributed by atoms with Gasteiger partial charge in [0, 0.05) is 46.0 Å². The van der Waals surface area contributed by atoms with Crippen molar-refractivity contribution in [2.45, 2.75) is 46.1 Å². The van der Waals surface area contributed by atoms with Crippen LogP contribution < -0.4 is 5.32 Å². The number of likely N-dealkylation sites (tertiary alicyclic amines) is 2. The predicted octanol–water partition coefficient (Wildman–Crippen LogP) is 3.47. The monoisotopic (exact) mass is 436 g/mol. The van der Waals surface area contributed by atoms with Crippen LogP contribution in [0, 0.1) is 18.8 Å². The number of nitrogens with zero attached hydrogens (tertiary/aromatic N) is 5. The van der Waals surface area contributed by atoms with Gasteiger partial charge in [-0.2, -0.15) is 5.10 Å². The summed E-state index contributed by atoms with van der Waals surface area (Å²) >= 11 is 0. The second-order valence-corrected chi connectivity index (χ2v) is 9.73. The zero-order chi connectivity index (χ0) is 22.3. The quantitative estimate of drug-likeness (QED) is 0.533. The summed E-state index contributed by atoms with van der Waals surface area (Å²) in [7, 11) is 1.99. The number of nitrogens with one attached hydrogen (secondary N) is 1. The van der Waals surface area contributed by atoms with Crippen LogP contribution in [0.2, 0.25) is 0 Å². The van der Waals surface area contributed by atoms with Gasteiger partial charge in [0.05, 0.1) is 6.20 Å². The minimum Gasteiger partial charge on any atom is -0.357 e. The Hall–Kier alpha value is -2.34. The van der Waals surface area contributed by atoms with E-state index in [9.17, 15) is 0 Å². The summed E-state index contributed by atoms with van der Waals surface area (Å²) in [5, 5.41) is 7.87. The fourth-order valence-corrected chi connectivity index (χ4v) is 5.02. The molecule has 0 bridgehead atoms. The first-order valence-corrected chi connectivity index (χ1v) is 12.4. The maximum atomic E-state index is 5.08. The smallest absolute Gasteiger partial charge is 0.193 e. The summed E-state index contributed by atoms with van der Waals surface area (Å²) in [6, 6.07) is 8.98. The van der Waals surface area contributed by atoms with E-state index < -0.39 is 0 Å². The first kappa shape index (κ1) is 22.8. The highest BCUT2D eigenvalue weighted by atomic mass is 15.3. The number of aromatic nitrogens is 2. The van der Waals surface area contributed by atoms with E-state index in [1.165, 1.54) is 49.0 Å². The molecule has 1 aromatic heterocycles. The number of aryl methyl sites for hydroxylation is 2. The molecule has 0 amide bonds. The summed E-state index contributed by atoms with van der Waals surface area (Å²) in [5.74, 6) is 2.50. The van der Waals surface area contributed by atoms with Crippen LogP contribution in [0.5, 0.6) is 0 Å². The first-order valence-electron chi connectivity index (χ1n) is 12.4. The van der Waals surface area contributed by atoms with Gasteiger partial charge in [0.15, 0.2) is 5.96 Å². The average Bonchev–Trinajstić information content (AvgIpc) is 3.43. The Balaban J connectivity index is 1.24. The molecule has 1 aromatic carbocycles. The summed E-state index contributed by atoms with van der Waals surface area (Å²) in [4.78, 5) is 10.1. The third-order valence-electron chi connectivity index (χ3n) is 6.94. The third-order valence-corrected chi connectivity index (χ3v) is 6.94. The van der Waals surface area contributed by atoms with Gasteiger partial charge in [0.25, 0.3) is 0 Å². The highest BCUT2D eigenvalue weighted by molar-refractivity contribution is 5.80. The fraction of sp³-hybridized carbons (Fsp3) is 0.615. The molecule has 3 heterocycles. The molecule has 1 unspecified atom stereocenters. The lowest BCUT2D eigenvalue weighted by Crippen LogP contribution is -2.41. The van der Waals surface area contributed by atoms with Crippen molar-refractivity contribution in [2.24, 2.45) is 23.9 Å². The van der Waals surface area contributed by atoms with Crippen molar-refractivity contribution in [1.82, 2.24) is 24.9 Å². The highest BCUT2D eigenvalue weighted by Crippen LogP contribution is 2.22. The molecule has 1 N–H and O–H groups in total. The molecule has 1 atom stereocenters. The lowest BCUT2D eigenvalue weighted by molar-refractivity contribution is 0.180. The van der Waals surface area contributed by atoms with E-state index in [1.54, 1.807) is 0 Å². The molecular weight excluding hydrogens is 396 g/mol. The molecule has 0 saturated carbocycles. The van der Waals surface area contributed by atoms with Crippen molar-refractivity contribution in [3.05, 3.63) is 53.3 Å². The Morgan fingerprint density at radius 3 is 2.50 bits per heavy atom. The van der Waals surface area contributed by atoms with Crippen molar-refractivity contribution >= 4 is 5.96 Å². The standard InChI is InChI=1S/C26H40N6/c1-4-27-26(32-14-11-24(20-32)15-25-17-29-30(3)18-25)28-16-22-9-12-31(13-10-22)19-23-7-5-21(2)6-8-23/h5-8,17-18,22,24H,4,9-16,19-20H2,1-3H3,(H,27,28). The van der Waals surface area contributed by atoms with Gasteiger partial charge in [-0.1, -0.05) is 29.8 Å². The van der Waals surface area contributed by atoms with Gasteiger partial charge in [-0.25, -0.2) is 0 Å². The van der Waals surface area contributed by atoms with Crippen LogP contribution in [0.1, 0.15) is 42.9 Å². The van der Waals surface area contributed by atoms with Crippen molar-refractivity contribution in [3.8, 4) is 0 Å². The summed E-state index contributed by atoms with van der Waals surface area (Å²) in [5.41, 5.74) is 4.11. The minimum absolute atomic E-state index is 0.688. The van der Waals surface area contributed by atoms with Gasteiger partial charge in [-0.3, -0.25) is 14.6 Å². The summed E-state index contributed by atoms with van der Waals surface area (Å²) in [6.45, 7) is 11.8. The zero-order valence-electron chi connectivity index (χ0n) is 20.1. The zero-order valence-corrected chi connectivity index (χ0v) is 20.1. The number of guanidine groups is 1. The number of benzene rings is 1. The molecule has 174 valence electrons. The Kier molecular flexibility index (Phi) is 7.85. The molecule has 2 saturated heterocycles. The average molecular weight is 437 g/mol. The third kappa shape index (κ3) is 6.35. The molecule has 2 aliphatic rings. The molecule has 2 aliphatic heterocycles. The Morgan fingerprint density at radius 2 is 1.81 bits per heavy atom. The van der Waals surface area contributed by atoms with Crippen LogP contribution in [-0.2, 0) is 20.0 Å². The largest absolute Gasteiger partial charge is 0.357 e. The van der Waals surface area contributed by atoms with Gasteiger partial charge >= 0.3 is 0 Å². The number of hydrogen-bond donors (Lipinski definition) is 1. The molecule has 6 heteroatoms. The molecular formula is C26H40N6. The van der Waals surface area contributed by atoms with Crippen LogP contribution in [-0.4, -0.2) is 64.8 Å². The Morgan fingerprint density at radius 1 is 1.06 bits per heavy atom. The van der Waals surface area contributed by atoms with Gasteiger partial charge in [0.2, 0.25) is 0 Å². The highest BCUT2D eigenvalue weighted by Gasteiger charge is 2.26. The number of rotatable bonds is 7. The van der Waals surface area contributed by atoms with Crippen molar-refractivity contribution in [3.63, 3.8) is 0 Å². The first-order chi connectivity index (χ1) is 15.6. The fourth-order valence-electron chi connectivity index (χ4n) is 5.02. The van der Waals surface area contributed by atoms with E-state index in [0.717, 1.165) is 45.1 Å². The van der Waals surface area contributed by atoms with Crippen LogP contribution in [0.4, 0.5) is 0 Å². The summed E-state index contributed by atoms with van der Waals surface area (Å²) in [6.07, 6.45) is 9.00. The lowest BCUT2D eigenvalue weighted by atomic mass is 9.96. The number of aliphatic imine (C=N–C) groups is 1. The maximum absolute atomic E-state index is 5.08. The minimum atomic E-state index is 0.688. The maximum Gasteiger partial charge on any atom is 0.193 e. The molecule has 2 aromatic rings. The van der Waals surface area contributed by atoms with E-state index in [4.69, 9.17) is 4.99 Å². The molecule has 0 spiro atoms. The molecule has 4 rings (SSSR count). The van der Waals surface area contributed by atoms with Gasteiger partial charge in [0.1, 0.15) is 0 Å². The van der Waals surface area contributed by atoms with Crippen LogP contribution in [0.15, 0.2) is 41.7 Å². The van der Waals surface area contributed by atoms with Crippen LogP contribution in [0.3, 0.4) is 0 Å².